The topological polar surface area (TPSA) is 110 Å². The van der Waals surface area contributed by atoms with Crippen LogP contribution in [0.5, 0.6) is 0 Å². The van der Waals surface area contributed by atoms with Crippen LogP contribution in [0, 0.1) is 0 Å². The van der Waals surface area contributed by atoms with Gasteiger partial charge in [0.05, 0.1) is 11.8 Å². The minimum absolute atomic E-state index is 0.0383. The van der Waals surface area contributed by atoms with Crippen molar-refractivity contribution in [2.75, 3.05) is 30.9 Å². The van der Waals surface area contributed by atoms with Crippen molar-refractivity contribution >= 4 is 23.5 Å². The first-order valence-electron chi connectivity index (χ1n) is 11.4. The molecule has 1 aliphatic heterocycles. The molecule has 31 heavy (non-hydrogen) atoms. The molecule has 0 radical (unpaired) electrons. The molecule has 3 heterocycles. The summed E-state index contributed by atoms with van der Waals surface area (Å²) < 4.78 is 0. The third-order valence-corrected chi connectivity index (χ3v) is 6.82. The highest BCUT2D eigenvalue weighted by Gasteiger charge is 2.39. The van der Waals surface area contributed by atoms with Crippen LogP contribution in [-0.2, 0) is 17.6 Å². The van der Waals surface area contributed by atoms with E-state index in [1.165, 1.54) is 31.4 Å². The van der Waals surface area contributed by atoms with Gasteiger partial charge in [-0.2, -0.15) is 10.1 Å². The van der Waals surface area contributed by atoms with Gasteiger partial charge in [0.15, 0.2) is 5.82 Å². The van der Waals surface area contributed by atoms with Crippen molar-refractivity contribution in [1.29, 1.82) is 0 Å². The van der Waals surface area contributed by atoms with Gasteiger partial charge in [0.2, 0.25) is 11.9 Å². The first-order chi connectivity index (χ1) is 15.0. The Balaban J connectivity index is 1.44. The van der Waals surface area contributed by atoms with E-state index in [4.69, 9.17) is 9.97 Å². The number of nitrogens with one attached hydrogen (secondary N) is 2. The van der Waals surface area contributed by atoms with E-state index in [0.717, 1.165) is 42.2 Å². The molecule has 1 saturated heterocycles. The molecule has 0 bridgehead atoms. The maximum atomic E-state index is 12.7. The third-order valence-electron chi connectivity index (χ3n) is 6.82. The van der Waals surface area contributed by atoms with E-state index < -0.39 is 12.1 Å². The van der Waals surface area contributed by atoms with Gasteiger partial charge in [0, 0.05) is 50.3 Å². The van der Waals surface area contributed by atoms with E-state index in [2.05, 4.69) is 21.6 Å². The van der Waals surface area contributed by atoms with Crippen LogP contribution in [0.4, 0.5) is 17.6 Å². The molecule has 5 rings (SSSR count). The lowest BCUT2D eigenvalue weighted by Crippen LogP contribution is -2.43. The second kappa shape index (κ2) is 8.11. The van der Waals surface area contributed by atoms with Crippen LogP contribution in [0.1, 0.15) is 61.4 Å². The van der Waals surface area contributed by atoms with Gasteiger partial charge in [0.1, 0.15) is 11.9 Å². The lowest BCUT2D eigenvalue weighted by atomic mass is 10.0. The Bertz CT molecular complexity index is 967. The SMILES string of the molecule is CN(C)C(=O)C1CC(O)CN1c1nc2c(c(Nc3cc(C4CCCC4)[nH]n3)n1)CCC2. The molecule has 3 N–H and O–H groups in total. The molecule has 1 amide bonds. The highest BCUT2D eigenvalue weighted by molar-refractivity contribution is 5.85. The maximum absolute atomic E-state index is 12.7. The molecule has 3 aliphatic rings. The van der Waals surface area contributed by atoms with Gasteiger partial charge in [0.25, 0.3) is 0 Å². The van der Waals surface area contributed by atoms with Crippen LogP contribution in [0.2, 0.25) is 0 Å². The van der Waals surface area contributed by atoms with Crippen molar-refractivity contribution in [1.82, 2.24) is 25.1 Å². The van der Waals surface area contributed by atoms with Crippen LogP contribution >= 0.6 is 0 Å². The Hall–Kier alpha value is -2.68. The summed E-state index contributed by atoms with van der Waals surface area (Å²) in [5, 5.41) is 21.4. The number of β-amino-alcohol motifs (C(OH)–C–C–N with tert-alkyl or cyclic N) is 1. The highest BCUT2D eigenvalue weighted by Crippen LogP contribution is 2.35. The number of anilines is 3. The lowest BCUT2D eigenvalue weighted by molar-refractivity contribution is -0.130. The molecule has 2 aromatic rings. The average molecular weight is 426 g/mol. The Morgan fingerprint density at radius 3 is 2.81 bits per heavy atom. The van der Waals surface area contributed by atoms with Crippen molar-refractivity contribution in [3.05, 3.63) is 23.0 Å². The van der Waals surface area contributed by atoms with Crippen LogP contribution in [0.25, 0.3) is 0 Å². The van der Waals surface area contributed by atoms with Gasteiger partial charge in [-0.3, -0.25) is 9.89 Å². The number of aliphatic hydroxyl groups excluding tert-OH is 1. The molecule has 0 spiro atoms. The van der Waals surface area contributed by atoms with Crippen LogP contribution < -0.4 is 10.2 Å². The number of H-pyrrole nitrogens is 1. The fourth-order valence-electron chi connectivity index (χ4n) is 5.19. The number of hydrogen-bond acceptors (Lipinski definition) is 7. The number of aromatic nitrogens is 4. The lowest BCUT2D eigenvalue weighted by Gasteiger charge is -2.26. The Labute approximate surface area is 182 Å². The minimum atomic E-state index is -0.567. The van der Waals surface area contributed by atoms with E-state index in [0.29, 0.717) is 24.8 Å². The molecule has 9 heteroatoms. The molecule has 9 nitrogen and oxygen atoms in total. The summed E-state index contributed by atoms with van der Waals surface area (Å²) in [6.07, 6.45) is 7.69. The molecule has 2 unspecified atom stereocenters. The van der Waals surface area contributed by atoms with Crippen LogP contribution in [-0.4, -0.2) is 68.9 Å². The number of rotatable bonds is 5. The number of carbonyl (C=O) groups excluding carboxylic acids is 1. The quantitative estimate of drug-likeness (QED) is 0.673. The molecule has 2 atom stereocenters. The number of nitrogens with zero attached hydrogens (tertiary/aromatic N) is 5. The summed E-state index contributed by atoms with van der Waals surface area (Å²) in [5.41, 5.74) is 3.34. The van der Waals surface area contributed by atoms with Gasteiger partial charge in [-0.15, -0.1) is 0 Å². The van der Waals surface area contributed by atoms with Gasteiger partial charge < -0.3 is 20.2 Å². The average Bonchev–Trinajstić information content (AvgIpc) is 3.52. The standard InChI is InChI=1S/C22H31N7O2/c1-28(2)21(31)18-10-14(30)12-29(18)22-23-16-9-5-8-15(16)20(25-22)24-19-11-17(26-27-19)13-6-3-4-7-13/h11,13-14,18,30H,3-10,12H2,1-2H3,(H2,23,24,25,26,27). The zero-order chi connectivity index (χ0) is 21.5. The summed E-state index contributed by atoms with van der Waals surface area (Å²) in [6, 6.07) is 1.65. The smallest absolute Gasteiger partial charge is 0.244 e. The predicted octanol–water partition coefficient (Wildman–Crippen LogP) is 2.12. The molecule has 2 aliphatic carbocycles. The van der Waals surface area contributed by atoms with E-state index in [-0.39, 0.29) is 5.91 Å². The number of likely N-dealkylation sites (N-methyl/N-ethyl adjacent to an activating group) is 1. The minimum Gasteiger partial charge on any atom is -0.391 e. The molecular weight excluding hydrogens is 394 g/mol. The zero-order valence-electron chi connectivity index (χ0n) is 18.3. The zero-order valence-corrected chi connectivity index (χ0v) is 18.3. The number of aromatic amines is 1. The summed E-state index contributed by atoms with van der Waals surface area (Å²) in [6.45, 7) is 0.358. The second-order valence-corrected chi connectivity index (χ2v) is 9.26. The maximum Gasteiger partial charge on any atom is 0.244 e. The van der Waals surface area contributed by atoms with Crippen molar-refractivity contribution in [3.63, 3.8) is 0 Å². The molecule has 0 aromatic carbocycles. The first-order valence-corrected chi connectivity index (χ1v) is 11.4. The van der Waals surface area contributed by atoms with Crippen molar-refractivity contribution in [2.24, 2.45) is 0 Å². The third kappa shape index (κ3) is 3.86. The van der Waals surface area contributed by atoms with Gasteiger partial charge >= 0.3 is 0 Å². The number of carbonyl (C=O) groups is 1. The number of amides is 1. The van der Waals surface area contributed by atoms with E-state index >= 15 is 0 Å². The number of aryl methyl sites for hydroxylation is 1. The number of hydrogen-bond donors (Lipinski definition) is 3. The van der Waals surface area contributed by atoms with Crippen LogP contribution in [0.3, 0.4) is 0 Å². The fourth-order valence-corrected chi connectivity index (χ4v) is 5.19. The normalized spacial score (nSPS) is 23.4. The first kappa shape index (κ1) is 20.2. The second-order valence-electron chi connectivity index (χ2n) is 9.26. The number of aliphatic hydroxyl groups is 1. The summed E-state index contributed by atoms with van der Waals surface area (Å²) in [4.78, 5) is 25.7. The summed E-state index contributed by atoms with van der Waals surface area (Å²) in [7, 11) is 3.47. The fraction of sp³-hybridized carbons (Fsp3) is 0.636. The monoisotopic (exact) mass is 425 g/mol. The highest BCUT2D eigenvalue weighted by atomic mass is 16.3. The van der Waals surface area contributed by atoms with E-state index in [1.54, 1.807) is 19.0 Å². The predicted molar refractivity (Wildman–Crippen MR) is 118 cm³/mol. The van der Waals surface area contributed by atoms with Gasteiger partial charge in [-0.05, 0) is 32.1 Å². The molecule has 2 aromatic heterocycles. The molecular formula is C22H31N7O2. The molecule has 1 saturated carbocycles. The Kier molecular flexibility index (Phi) is 5.29. The summed E-state index contributed by atoms with van der Waals surface area (Å²) >= 11 is 0. The van der Waals surface area contributed by atoms with Crippen molar-refractivity contribution < 1.29 is 9.90 Å². The van der Waals surface area contributed by atoms with Crippen molar-refractivity contribution in [2.45, 2.75) is 69.4 Å². The van der Waals surface area contributed by atoms with Crippen LogP contribution in [0.15, 0.2) is 6.07 Å². The molecule has 166 valence electrons. The van der Waals surface area contributed by atoms with Gasteiger partial charge in [-0.1, -0.05) is 12.8 Å². The van der Waals surface area contributed by atoms with Gasteiger partial charge in [-0.25, -0.2) is 4.98 Å². The molecule has 2 fully saturated rings. The Morgan fingerprint density at radius 1 is 1.23 bits per heavy atom. The largest absolute Gasteiger partial charge is 0.391 e. The Morgan fingerprint density at radius 2 is 2.03 bits per heavy atom. The van der Waals surface area contributed by atoms with E-state index in [1.807, 2.05) is 4.90 Å². The summed E-state index contributed by atoms with van der Waals surface area (Å²) in [5.74, 6) is 2.57. The van der Waals surface area contributed by atoms with E-state index in [9.17, 15) is 9.90 Å². The van der Waals surface area contributed by atoms with Crippen molar-refractivity contribution in [3.8, 4) is 0 Å². The number of fused-ring (bicyclic) bond motifs is 1.